The second-order valence-electron chi connectivity index (χ2n) is 9.61. The molecule has 1 aliphatic heterocycles. The molecule has 1 aromatic rings. The Balaban J connectivity index is 1.52. The highest BCUT2D eigenvalue weighted by Crippen LogP contribution is 2.83. The summed E-state index contributed by atoms with van der Waals surface area (Å²) in [5, 5.41) is 19.4. The maximum Gasteiger partial charge on any atom is 0.307 e. The topological polar surface area (TPSA) is 104 Å². The molecule has 1 saturated heterocycles. The average molecular weight is 423 g/mol. The Bertz CT molecular complexity index is 883. The first kappa shape index (κ1) is 19.9. The fourth-order valence-corrected chi connectivity index (χ4v) is 7.48. The van der Waals surface area contributed by atoms with Crippen LogP contribution >= 0.6 is 0 Å². The molecule has 0 aromatic carbocycles. The van der Waals surface area contributed by atoms with Crippen LogP contribution in [0.4, 0.5) is 8.78 Å². The van der Waals surface area contributed by atoms with Gasteiger partial charge in [0.15, 0.2) is 5.76 Å². The first-order valence-corrected chi connectivity index (χ1v) is 10.7. The summed E-state index contributed by atoms with van der Waals surface area (Å²) in [6, 6.07) is 1.69. The van der Waals surface area contributed by atoms with Crippen LogP contribution in [0.15, 0.2) is 10.6 Å². The number of rotatable bonds is 5. The molecule has 2 bridgehead atoms. The van der Waals surface area contributed by atoms with Gasteiger partial charge in [-0.2, -0.15) is 0 Å². The van der Waals surface area contributed by atoms with Crippen molar-refractivity contribution in [2.75, 3.05) is 13.1 Å². The van der Waals surface area contributed by atoms with Gasteiger partial charge < -0.3 is 20.3 Å². The average Bonchev–Trinajstić information content (AvgIpc) is 3.23. The fraction of sp³-hybridized carbons (Fsp3) is 0.762. The zero-order chi connectivity index (χ0) is 21.3. The SMILES string of the molecule is Cc1cc(CNC(=O)[C@@H]2[C@H](C(=O)O)[C@H]3CC[C@]2(C2CCNCC2(F)F)C32CC2)on1. The quantitative estimate of drug-likeness (QED) is 0.672. The second kappa shape index (κ2) is 6.48. The number of piperidine rings is 1. The summed E-state index contributed by atoms with van der Waals surface area (Å²) in [5.74, 6) is -7.04. The number of aryl methyl sites for hydroxylation is 1. The Hall–Kier alpha value is -2.03. The van der Waals surface area contributed by atoms with E-state index in [9.17, 15) is 14.7 Å². The number of aliphatic carboxylic acids is 1. The van der Waals surface area contributed by atoms with Crippen molar-refractivity contribution < 1.29 is 28.0 Å². The van der Waals surface area contributed by atoms with Crippen molar-refractivity contribution >= 4 is 11.9 Å². The molecule has 5 atom stereocenters. The second-order valence-corrected chi connectivity index (χ2v) is 9.61. The van der Waals surface area contributed by atoms with Gasteiger partial charge in [-0.1, -0.05) is 5.16 Å². The number of halogens is 2. The Morgan fingerprint density at radius 3 is 2.70 bits per heavy atom. The number of hydrogen-bond acceptors (Lipinski definition) is 5. The Morgan fingerprint density at radius 1 is 1.33 bits per heavy atom. The molecule has 5 rings (SSSR count). The number of nitrogens with zero attached hydrogens (tertiary/aromatic N) is 1. The van der Waals surface area contributed by atoms with Crippen LogP contribution in [0.25, 0.3) is 0 Å². The molecule has 9 heteroatoms. The van der Waals surface area contributed by atoms with Crippen LogP contribution in [0, 0.1) is 41.4 Å². The number of carbonyl (C=O) groups excluding carboxylic acids is 1. The molecular formula is C21H27F2N3O4. The minimum Gasteiger partial charge on any atom is -0.481 e. The number of hydrogen-bond donors (Lipinski definition) is 3. The lowest BCUT2D eigenvalue weighted by Crippen LogP contribution is -2.58. The third-order valence-corrected chi connectivity index (χ3v) is 8.43. The maximum absolute atomic E-state index is 15.2. The summed E-state index contributed by atoms with van der Waals surface area (Å²) in [5.41, 5.74) is -0.731. The molecule has 3 aliphatic carbocycles. The van der Waals surface area contributed by atoms with Crippen molar-refractivity contribution in [1.29, 1.82) is 0 Å². The summed E-state index contributed by atoms with van der Waals surface area (Å²) in [7, 11) is 0. The third-order valence-electron chi connectivity index (χ3n) is 8.43. The van der Waals surface area contributed by atoms with Crippen LogP contribution in [-0.4, -0.2) is 41.2 Å². The largest absolute Gasteiger partial charge is 0.481 e. The zero-order valence-corrected chi connectivity index (χ0v) is 16.9. The minimum atomic E-state index is -2.96. The van der Waals surface area contributed by atoms with Gasteiger partial charge in [-0.15, -0.1) is 0 Å². The molecule has 4 aliphatic rings. The highest BCUT2D eigenvalue weighted by molar-refractivity contribution is 5.87. The van der Waals surface area contributed by atoms with Gasteiger partial charge in [0.05, 0.1) is 30.6 Å². The van der Waals surface area contributed by atoms with Gasteiger partial charge in [-0.25, -0.2) is 8.78 Å². The monoisotopic (exact) mass is 423 g/mol. The van der Waals surface area contributed by atoms with Crippen LogP contribution in [0.2, 0.25) is 0 Å². The van der Waals surface area contributed by atoms with E-state index in [0.29, 0.717) is 30.8 Å². The molecule has 2 heterocycles. The van der Waals surface area contributed by atoms with Gasteiger partial charge in [0.2, 0.25) is 5.91 Å². The van der Waals surface area contributed by atoms with Crippen LogP contribution < -0.4 is 10.6 Å². The van der Waals surface area contributed by atoms with E-state index >= 15 is 8.78 Å². The van der Waals surface area contributed by atoms with Gasteiger partial charge in [0, 0.05) is 12.0 Å². The van der Waals surface area contributed by atoms with E-state index in [-0.39, 0.29) is 18.9 Å². The molecule has 1 spiro atoms. The molecule has 164 valence electrons. The first-order valence-electron chi connectivity index (χ1n) is 10.7. The zero-order valence-electron chi connectivity index (χ0n) is 16.9. The van der Waals surface area contributed by atoms with Crippen molar-refractivity contribution in [3.05, 3.63) is 17.5 Å². The van der Waals surface area contributed by atoms with Crippen LogP contribution in [0.5, 0.6) is 0 Å². The van der Waals surface area contributed by atoms with Crippen LogP contribution in [0.3, 0.4) is 0 Å². The van der Waals surface area contributed by atoms with Crippen molar-refractivity contribution in [3.63, 3.8) is 0 Å². The molecule has 0 radical (unpaired) electrons. The highest BCUT2D eigenvalue weighted by atomic mass is 19.3. The Kier molecular flexibility index (Phi) is 4.30. The van der Waals surface area contributed by atoms with Gasteiger partial charge in [0.25, 0.3) is 5.92 Å². The van der Waals surface area contributed by atoms with Gasteiger partial charge in [-0.3, -0.25) is 9.59 Å². The van der Waals surface area contributed by atoms with E-state index in [0.717, 1.165) is 12.8 Å². The van der Waals surface area contributed by atoms with E-state index < -0.39 is 52.9 Å². The molecule has 4 fully saturated rings. The summed E-state index contributed by atoms with van der Waals surface area (Å²) in [4.78, 5) is 25.7. The first-order chi connectivity index (χ1) is 14.2. The van der Waals surface area contributed by atoms with Gasteiger partial charge in [0.1, 0.15) is 0 Å². The smallest absolute Gasteiger partial charge is 0.307 e. The fourth-order valence-electron chi connectivity index (χ4n) is 7.48. The van der Waals surface area contributed by atoms with Crippen LogP contribution in [-0.2, 0) is 16.1 Å². The number of alkyl halides is 2. The molecule has 30 heavy (non-hydrogen) atoms. The van der Waals surface area contributed by atoms with E-state index in [4.69, 9.17) is 4.52 Å². The third kappa shape index (κ3) is 2.53. The molecule has 3 saturated carbocycles. The number of amides is 1. The van der Waals surface area contributed by atoms with Crippen molar-refractivity contribution in [1.82, 2.24) is 15.8 Å². The summed E-state index contributed by atoms with van der Waals surface area (Å²) >= 11 is 0. The minimum absolute atomic E-state index is 0.0683. The van der Waals surface area contributed by atoms with E-state index in [1.807, 2.05) is 0 Å². The summed E-state index contributed by atoms with van der Waals surface area (Å²) in [6.07, 6.45) is 2.86. The summed E-state index contributed by atoms with van der Waals surface area (Å²) < 4.78 is 35.5. The molecular weight excluding hydrogens is 396 g/mol. The number of carboxylic acid groups (broad SMARTS) is 1. The standard InChI is InChI=1S/C21H27F2N3O4/c1-11-8-12(30-26-11)9-25-17(27)16-15(18(28)29)13-2-4-20(16,19(13)5-6-19)14-3-7-24-10-21(14,22)23/h8,13-16,24H,2-7,9-10H2,1H3,(H,25,27)(H,28,29)/t13-,14?,15-,16+,20-/m1/s1. The molecule has 1 amide bonds. The predicted octanol–water partition coefficient (Wildman–Crippen LogP) is 2.35. The number of carboxylic acids is 1. The lowest BCUT2D eigenvalue weighted by Gasteiger charge is -2.49. The number of nitrogens with one attached hydrogen (secondary N) is 2. The molecule has 1 unspecified atom stereocenters. The lowest BCUT2D eigenvalue weighted by atomic mass is 9.57. The maximum atomic E-state index is 15.2. The Labute approximate surface area is 172 Å². The van der Waals surface area contributed by atoms with E-state index in [1.165, 1.54) is 0 Å². The normalized spacial score (nSPS) is 38.0. The number of aromatic nitrogens is 1. The Morgan fingerprint density at radius 2 is 2.10 bits per heavy atom. The molecule has 3 N–H and O–H groups in total. The van der Waals surface area contributed by atoms with Gasteiger partial charge >= 0.3 is 5.97 Å². The van der Waals surface area contributed by atoms with E-state index in [2.05, 4.69) is 15.8 Å². The highest BCUT2D eigenvalue weighted by Gasteiger charge is 2.82. The molecule has 1 aromatic heterocycles. The van der Waals surface area contributed by atoms with Crippen LogP contribution in [0.1, 0.15) is 43.6 Å². The molecule has 7 nitrogen and oxygen atoms in total. The lowest BCUT2D eigenvalue weighted by molar-refractivity contribution is -0.169. The predicted molar refractivity (Wildman–Crippen MR) is 100 cm³/mol. The van der Waals surface area contributed by atoms with Crippen molar-refractivity contribution in [2.24, 2.45) is 34.5 Å². The van der Waals surface area contributed by atoms with Gasteiger partial charge in [-0.05, 0) is 62.3 Å². The number of carbonyl (C=O) groups is 2. The summed E-state index contributed by atoms with van der Waals surface area (Å²) in [6.45, 7) is 1.88. The van der Waals surface area contributed by atoms with E-state index in [1.54, 1.807) is 13.0 Å². The van der Waals surface area contributed by atoms with Crippen molar-refractivity contribution in [2.45, 2.75) is 51.5 Å². The van der Waals surface area contributed by atoms with Crippen molar-refractivity contribution in [3.8, 4) is 0 Å².